The van der Waals surface area contributed by atoms with Crippen LogP contribution in [0.2, 0.25) is 0 Å². The summed E-state index contributed by atoms with van der Waals surface area (Å²) in [6, 6.07) is 3.65. The lowest BCUT2D eigenvalue weighted by Gasteiger charge is -2.01. The minimum absolute atomic E-state index is 0.571. The van der Waals surface area contributed by atoms with E-state index in [1.54, 1.807) is 18.7 Å². The first kappa shape index (κ1) is 11.4. The highest BCUT2D eigenvalue weighted by atomic mass is 16.3. The van der Waals surface area contributed by atoms with Crippen LogP contribution in [0, 0.1) is 5.92 Å². The molecule has 5 heteroatoms. The molecule has 5 nitrogen and oxygen atoms in total. The van der Waals surface area contributed by atoms with Gasteiger partial charge in [0, 0.05) is 12.4 Å². The first-order valence-corrected chi connectivity index (χ1v) is 6.69. The molecule has 0 spiro atoms. The molecule has 4 rings (SSSR count). The minimum atomic E-state index is 0.571. The van der Waals surface area contributed by atoms with Gasteiger partial charge in [0.1, 0.15) is 0 Å². The van der Waals surface area contributed by atoms with Crippen molar-refractivity contribution in [2.24, 2.45) is 5.92 Å². The Bertz CT molecular complexity index is 697. The van der Waals surface area contributed by atoms with Crippen LogP contribution in [0.15, 0.2) is 46.0 Å². The molecular weight excluding hydrogens is 254 g/mol. The van der Waals surface area contributed by atoms with Gasteiger partial charge in [-0.2, -0.15) is 0 Å². The number of oxazole rings is 1. The van der Waals surface area contributed by atoms with E-state index >= 15 is 0 Å². The van der Waals surface area contributed by atoms with Crippen LogP contribution in [0.4, 0.5) is 0 Å². The third kappa shape index (κ3) is 2.11. The van der Waals surface area contributed by atoms with Crippen molar-refractivity contribution in [3.05, 3.63) is 42.9 Å². The molecule has 100 valence electrons. The molecule has 0 unspecified atom stereocenters. The Labute approximate surface area is 115 Å². The molecule has 3 aromatic heterocycles. The summed E-state index contributed by atoms with van der Waals surface area (Å²) in [5, 5.41) is 0. The molecule has 0 N–H and O–H groups in total. The third-order valence-electron chi connectivity index (χ3n) is 3.48. The second-order valence-electron chi connectivity index (χ2n) is 5.05. The first-order valence-electron chi connectivity index (χ1n) is 6.69. The van der Waals surface area contributed by atoms with E-state index in [2.05, 4.69) is 15.0 Å². The van der Waals surface area contributed by atoms with Gasteiger partial charge in [0.2, 0.25) is 0 Å². The predicted octanol–water partition coefficient (Wildman–Crippen LogP) is 3.34. The van der Waals surface area contributed by atoms with E-state index in [-0.39, 0.29) is 0 Å². The molecule has 0 atom stereocenters. The first-order chi connectivity index (χ1) is 9.90. The fraction of sp³-hybridized carbons (Fsp3) is 0.267. The van der Waals surface area contributed by atoms with E-state index in [0.29, 0.717) is 11.6 Å². The van der Waals surface area contributed by atoms with Crippen molar-refractivity contribution in [1.29, 1.82) is 0 Å². The van der Waals surface area contributed by atoms with E-state index < -0.39 is 0 Å². The van der Waals surface area contributed by atoms with E-state index in [1.165, 1.54) is 19.2 Å². The number of furan rings is 1. The second-order valence-corrected chi connectivity index (χ2v) is 5.05. The largest absolute Gasteiger partial charge is 0.461 e. The number of nitrogens with zero attached hydrogens (tertiary/aromatic N) is 3. The fourth-order valence-electron chi connectivity index (χ4n) is 2.22. The molecule has 0 saturated heterocycles. The minimum Gasteiger partial charge on any atom is -0.461 e. The molecule has 1 saturated carbocycles. The molecule has 1 aliphatic rings. The van der Waals surface area contributed by atoms with Gasteiger partial charge < -0.3 is 8.83 Å². The highest BCUT2D eigenvalue weighted by Gasteiger charge is 2.25. The van der Waals surface area contributed by atoms with Crippen LogP contribution >= 0.6 is 0 Å². The number of hydrogen-bond donors (Lipinski definition) is 0. The zero-order chi connectivity index (χ0) is 13.4. The average molecular weight is 267 g/mol. The summed E-state index contributed by atoms with van der Waals surface area (Å²) in [4.78, 5) is 12.9. The number of rotatable bonds is 4. The van der Waals surface area contributed by atoms with Gasteiger partial charge in [-0.1, -0.05) is 0 Å². The van der Waals surface area contributed by atoms with E-state index in [4.69, 9.17) is 8.83 Å². The Kier molecular flexibility index (Phi) is 2.62. The van der Waals surface area contributed by atoms with Gasteiger partial charge in [0.25, 0.3) is 0 Å². The Morgan fingerprint density at radius 3 is 2.65 bits per heavy atom. The quantitative estimate of drug-likeness (QED) is 0.725. The molecule has 3 aromatic rings. The standard InChI is InChI=1S/C15H13N3O2/c1-2-13(19-5-1)15-16-7-11(8-17-15)14-12(18-9-20-14)6-10-3-4-10/h1-2,5,7-10H,3-4,6H2. The van der Waals surface area contributed by atoms with Crippen LogP contribution in [-0.2, 0) is 6.42 Å². The van der Waals surface area contributed by atoms with Gasteiger partial charge in [0.15, 0.2) is 23.7 Å². The van der Waals surface area contributed by atoms with Gasteiger partial charge in [-0.05, 0) is 37.3 Å². The number of hydrogen-bond acceptors (Lipinski definition) is 5. The van der Waals surface area contributed by atoms with Gasteiger partial charge in [-0.15, -0.1) is 0 Å². The van der Waals surface area contributed by atoms with E-state index in [0.717, 1.165) is 29.4 Å². The summed E-state index contributed by atoms with van der Waals surface area (Å²) in [5.74, 6) is 2.78. The summed E-state index contributed by atoms with van der Waals surface area (Å²) in [6.45, 7) is 0. The highest BCUT2D eigenvalue weighted by molar-refractivity contribution is 5.59. The Morgan fingerprint density at radius 2 is 1.95 bits per heavy atom. The summed E-state index contributed by atoms with van der Waals surface area (Å²) in [6.07, 6.45) is 10.2. The normalized spacial score (nSPS) is 14.6. The van der Waals surface area contributed by atoms with Gasteiger partial charge >= 0.3 is 0 Å². The lowest BCUT2D eigenvalue weighted by atomic mass is 10.1. The Hall–Kier alpha value is -2.43. The maximum absolute atomic E-state index is 5.50. The molecule has 20 heavy (non-hydrogen) atoms. The topological polar surface area (TPSA) is 65.0 Å². The van der Waals surface area contributed by atoms with E-state index in [9.17, 15) is 0 Å². The molecular formula is C15H13N3O2. The van der Waals surface area contributed by atoms with Crippen molar-refractivity contribution in [1.82, 2.24) is 15.0 Å². The monoisotopic (exact) mass is 267 g/mol. The summed E-state index contributed by atoms with van der Waals surface area (Å²) < 4.78 is 10.8. The molecule has 0 bridgehead atoms. The van der Waals surface area contributed by atoms with Crippen LogP contribution in [0.3, 0.4) is 0 Å². The Morgan fingerprint density at radius 1 is 1.10 bits per heavy atom. The third-order valence-corrected chi connectivity index (χ3v) is 3.48. The molecule has 1 fully saturated rings. The van der Waals surface area contributed by atoms with Crippen LogP contribution < -0.4 is 0 Å². The molecule has 0 amide bonds. The van der Waals surface area contributed by atoms with Gasteiger partial charge in [-0.3, -0.25) is 0 Å². The summed E-state index contributed by atoms with van der Waals surface area (Å²) in [5.41, 5.74) is 1.86. The summed E-state index contributed by atoms with van der Waals surface area (Å²) >= 11 is 0. The van der Waals surface area contributed by atoms with Crippen molar-refractivity contribution < 1.29 is 8.83 Å². The molecule has 1 aliphatic carbocycles. The lowest BCUT2D eigenvalue weighted by molar-refractivity contribution is 0.568. The van der Waals surface area contributed by atoms with Crippen molar-refractivity contribution in [3.63, 3.8) is 0 Å². The molecule has 0 radical (unpaired) electrons. The van der Waals surface area contributed by atoms with Crippen molar-refractivity contribution in [2.45, 2.75) is 19.3 Å². The SMILES string of the molecule is c1coc(-c2ncc(-c3ocnc3CC3CC3)cn2)c1. The highest BCUT2D eigenvalue weighted by Crippen LogP contribution is 2.35. The lowest BCUT2D eigenvalue weighted by Crippen LogP contribution is -1.93. The zero-order valence-electron chi connectivity index (χ0n) is 10.8. The molecule has 3 heterocycles. The zero-order valence-corrected chi connectivity index (χ0v) is 10.8. The van der Waals surface area contributed by atoms with Crippen molar-refractivity contribution >= 4 is 0 Å². The smallest absolute Gasteiger partial charge is 0.195 e. The maximum Gasteiger partial charge on any atom is 0.195 e. The fourth-order valence-corrected chi connectivity index (χ4v) is 2.22. The number of aromatic nitrogens is 3. The van der Waals surface area contributed by atoms with Crippen molar-refractivity contribution in [2.75, 3.05) is 0 Å². The molecule has 0 aliphatic heterocycles. The predicted molar refractivity (Wildman–Crippen MR) is 71.7 cm³/mol. The second kappa shape index (κ2) is 4.59. The average Bonchev–Trinajstić information content (AvgIpc) is 2.95. The summed E-state index contributed by atoms with van der Waals surface area (Å²) in [7, 11) is 0. The van der Waals surface area contributed by atoms with Crippen LogP contribution in [0.1, 0.15) is 18.5 Å². The van der Waals surface area contributed by atoms with E-state index in [1.807, 2.05) is 12.1 Å². The Balaban J connectivity index is 1.63. The maximum atomic E-state index is 5.50. The molecule has 0 aromatic carbocycles. The van der Waals surface area contributed by atoms with Crippen molar-refractivity contribution in [3.8, 4) is 22.9 Å². The van der Waals surface area contributed by atoms with Crippen LogP contribution in [-0.4, -0.2) is 15.0 Å². The van der Waals surface area contributed by atoms with Crippen LogP contribution in [0.5, 0.6) is 0 Å². The van der Waals surface area contributed by atoms with Gasteiger partial charge in [0.05, 0.1) is 17.5 Å². The van der Waals surface area contributed by atoms with Crippen LogP contribution in [0.25, 0.3) is 22.9 Å². The van der Waals surface area contributed by atoms with Gasteiger partial charge in [-0.25, -0.2) is 15.0 Å².